The predicted molar refractivity (Wildman–Crippen MR) is 67.7 cm³/mol. The van der Waals surface area contributed by atoms with Gasteiger partial charge in [0, 0.05) is 37.3 Å². The summed E-state index contributed by atoms with van der Waals surface area (Å²) in [6.07, 6.45) is 2.25. The molecule has 0 spiro atoms. The van der Waals surface area contributed by atoms with Crippen LogP contribution in [0.4, 0.5) is 18.9 Å². The van der Waals surface area contributed by atoms with Gasteiger partial charge in [-0.1, -0.05) is 0 Å². The van der Waals surface area contributed by atoms with Crippen LogP contribution in [-0.2, 0) is 0 Å². The Bertz CT molecular complexity index is 492. The number of hydrogen-bond acceptors (Lipinski definition) is 2. The van der Waals surface area contributed by atoms with Crippen molar-refractivity contribution in [2.45, 2.75) is 31.8 Å². The summed E-state index contributed by atoms with van der Waals surface area (Å²) in [7, 11) is 0. The van der Waals surface area contributed by atoms with Crippen LogP contribution in [0.3, 0.4) is 0 Å². The molecule has 3 rings (SSSR count). The smallest absolute Gasteiger partial charge is 0.161 e. The van der Waals surface area contributed by atoms with Crippen LogP contribution in [0.2, 0.25) is 0 Å². The van der Waals surface area contributed by atoms with Crippen molar-refractivity contribution < 1.29 is 13.2 Å². The van der Waals surface area contributed by atoms with Crippen molar-refractivity contribution in [3.05, 3.63) is 29.6 Å². The molecule has 104 valence electrons. The molecule has 2 fully saturated rings. The van der Waals surface area contributed by atoms with Gasteiger partial charge >= 0.3 is 0 Å². The van der Waals surface area contributed by atoms with Crippen molar-refractivity contribution in [2.75, 3.05) is 24.5 Å². The number of benzene rings is 1. The Morgan fingerprint density at radius 2 is 1.79 bits per heavy atom. The van der Waals surface area contributed by atoms with Crippen LogP contribution in [-0.4, -0.2) is 36.6 Å². The summed E-state index contributed by atoms with van der Waals surface area (Å²) < 4.78 is 40.2. The van der Waals surface area contributed by atoms with Crippen LogP contribution >= 0.6 is 0 Å². The Morgan fingerprint density at radius 3 is 2.58 bits per heavy atom. The molecule has 0 radical (unpaired) electrons. The molecule has 1 aromatic carbocycles. The van der Waals surface area contributed by atoms with Gasteiger partial charge in [0.15, 0.2) is 11.6 Å². The van der Waals surface area contributed by atoms with Crippen LogP contribution in [0.25, 0.3) is 0 Å². The molecule has 2 aliphatic rings. The van der Waals surface area contributed by atoms with E-state index in [1.807, 2.05) is 11.8 Å². The van der Waals surface area contributed by atoms with Crippen LogP contribution < -0.4 is 4.90 Å². The summed E-state index contributed by atoms with van der Waals surface area (Å²) in [6.45, 7) is 4.62. The predicted octanol–water partition coefficient (Wildman–Crippen LogP) is 2.78. The molecule has 0 aliphatic carbocycles. The molecule has 0 saturated carbocycles. The summed E-state index contributed by atoms with van der Waals surface area (Å²) >= 11 is 0. The largest absolute Gasteiger partial charge is 0.364 e. The maximum absolute atomic E-state index is 13.9. The van der Waals surface area contributed by atoms with Crippen molar-refractivity contribution >= 4 is 5.69 Å². The second-order valence-corrected chi connectivity index (χ2v) is 5.51. The lowest BCUT2D eigenvalue weighted by molar-refractivity contribution is 0.202. The molecule has 0 aromatic heterocycles. The van der Waals surface area contributed by atoms with Gasteiger partial charge in [-0.15, -0.1) is 0 Å². The van der Waals surface area contributed by atoms with Gasteiger partial charge < -0.3 is 4.90 Å². The maximum Gasteiger partial charge on any atom is 0.161 e. The van der Waals surface area contributed by atoms with Gasteiger partial charge in [0.2, 0.25) is 0 Å². The first-order valence-electron chi connectivity index (χ1n) is 6.71. The highest BCUT2D eigenvalue weighted by molar-refractivity contribution is 5.50. The van der Waals surface area contributed by atoms with Gasteiger partial charge in [-0.2, -0.15) is 0 Å². The molecular weight excluding hydrogens is 253 g/mol. The van der Waals surface area contributed by atoms with Crippen molar-refractivity contribution in [1.82, 2.24) is 4.90 Å². The first kappa shape index (κ1) is 12.8. The Hall–Kier alpha value is -1.23. The fraction of sp³-hybridized carbons (Fsp3) is 0.571. The number of rotatable bonds is 1. The minimum Gasteiger partial charge on any atom is -0.364 e. The SMILES string of the molecule is CC1CN2CCCC2CN1c1cc(F)c(F)cc1F. The monoisotopic (exact) mass is 270 g/mol. The van der Waals surface area contributed by atoms with Gasteiger partial charge in [0.1, 0.15) is 5.82 Å². The first-order valence-corrected chi connectivity index (χ1v) is 6.71. The molecular formula is C14H17F3N2. The minimum absolute atomic E-state index is 0.105. The molecule has 2 heterocycles. The molecule has 5 heteroatoms. The fourth-order valence-electron chi connectivity index (χ4n) is 3.26. The van der Waals surface area contributed by atoms with Crippen LogP contribution in [0.5, 0.6) is 0 Å². The number of nitrogens with zero attached hydrogens (tertiary/aromatic N) is 2. The molecule has 1 aromatic rings. The third kappa shape index (κ3) is 2.20. The van der Waals surface area contributed by atoms with Gasteiger partial charge in [-0.3, -0.25) is 4.90 Å². The van der Waals surface area contributed by atoms with Crippen LogP contribution in [0, 0.1) is 17.5 Å². The van der Waals surface area contributed by atoms with E-state index >= 15 is 0 Å². The number of halogens is 3. The van der Waals surface area contributed by atoms with E-state index in [9.17, 15) is 13.2 Å². The van der Waals surface area contributed by atoms with E-state index in [1.54, 1.807) is 0 Å². The highest BCUT2D eigenvalue weighted by Gasteiger charge is 2.35. The van der Waals surface area contributed by atoms with Crippen molar-refractivity contribution in [2.24, 2.45) is 0 Å². The molecule has 2 unspecified atom stereocenters. The zero-order valence-electron chi connectivity index (χ0n) is 10.9. The van der Waals surface area contributed by atoms with Crippen molar-refractivity contribution in [3.63, 3.8) is 0 Å². The number of hydrogen-bond donors (Lipinski definition) is 0. The summed E-state index contributed by atoms with van der Waals surface area (Å²) in [4.78, 5) is 4.27. The van der Waals surface area contributed by atoms with Crippen molar-refractivity contribution in [1.29, 1.82) is 0 Å². The summed E-state index contributed by atoms with van der Waals surface area (Å²) in [5.41, 5.74) is 0.179. The Morgan fingerprint density at radius 1 is 1.05 bits per heavy atom. The lowest BCUT2D eigenvalue weighted by Gasteiger charge is -2.43. The highest BCUT2D eigenvalue weighted by atomic mass is 19.2. The Balaban J connectivity index is 1.91. The third-order valence-electron chi connectivity index (χ3n) is 4.24. The number of fused-ring (bicyclic) bond motifs is 1. The van der Waals surface area contributed by atoms with Gasteiger partial charge in [-0.25, -0.2) is 13.2 Å². The topological polar surface area (TPSA) is 6.48 Å². The maximum atomic E-state index is 13.9. The van der Waals surface area contributed by atoms with E-state index < -0.39 is 17.5 Å². The standard InChI is InChI=1S/C14H17F3N2/c1-9-7-18-4-2-3-10(18)8-19(9)14-6-12(16)11(15)5-13(14)17/h5-6,9-10H,2-4,7-8H2,1H3. The summed E-state index contributed by atoms with van der Waals surface area (Å²) in [5, 5.41) is 0. The van der Waals surface area contributed by atoms with E-state index in [4.69, 9.17) is 0 Å². The quantitative estimate of drug-likeness (QED) is 0.724. The average molecular weight is 270 g/mol. The second-order valence-electron chi connectivity index (χ2n) is 5.51. The summed E-state index contributed by atoms with van der Waals surface area (Å²) in [6, 6.07) is 2.13. The second kappa shape index (κ2) is 4.71. The zero-order valence-corrected chi connectivity index (χ0v) is 10.9. The highest BCUT2D eigenvalue weighted by Crippen LogP contribution is 2.31. The molecule has 0 amide bonds. The van der Waals surface area contributed by atoms with Gasteiger partial charge in [-0.05, 0) is 26.3 Å². The third-order valence-corrected chi connectivity index (χ3v) is 4.24. The zero-order chi connectivity index (χ0) is 13.6. The Kier molecular flexibility index (Phi) is 3.17. The first-order chi connectivity index (χ1) is 9.06. The molecule has 0 bridgehead atoms. The van der Waals surface area contributed by atoms with E-state index in [2.05, 4.69) is 4.90 Å². The number of anilines is 1. The molecule has 2 nitrogen and oxygen atoms in total. The number of piperazine rings is 1. The normalized spacial score (nSPS) is 27.7. The van der Waals surface area contributed by atoms with E-state index in [0.717, 1.165) is 32.0 Å². The fourth-order valence-corrected chi connectivity index (χ4v) is 3.26. The molecule has 0 N–H and O–H groups in total. The molecule has 2 aliphatic heterocycles. The van der Waals surface area contributed by atoms with Crippen molar-refractivity contribution in [3.8, 4) is 0 Å². The lowest BCUT2D eigenvalue weighted by Crippen LogP contribution is -2.55. The van der Waals surface area contributed by atoms with E-state index in [1.165, 1.54) is 0 Å². The minimum atomic E-state index is -1.13. The molecule has 19 heavy (non-hydrogen) atoms. The van der Waals surface area contributed by atoms with Crippen LogP contribution in [0.15, 0.2) is 12.1 Å². The van der Waals surface area contributed by atoms with E-state index in [-0.39, 0.29) is 11.7 Å². The molecule has 2 atom stereocenters. The van der Waals surface area contributed by atoms with Crippen LogP contribution in [0.1, 0.15) is 19.8 Å². The molecule has 2 saturated heterocycles. The Labute approximate surface area is 110 Å². The van der Waals surface area contributed by atoms with E-state index in [0.29, 0.717) is 18.7 Å². The lowest BCUT2D eigenvalue weighted by atomic mass is 10.1. The average Bonchev–Trinajstić information content (AvgIpc) is 2.80. The summed E-state index contributed by atoms with van der Waals surface area (Å²) in [5.74, 6) is -2.80. The van der Waals surface area contributed by atoms with Gasteiger partial charge in [0.05, 0.1) is 5.69 Å². The van der Waals surface area contributed by atoms with Gasteiger partial charge in [0.25, 0.3) is 0 Å².